The van der Waals surface area contributed by atoms with Crippen LogP contribution < -0.4 is 4.90 Å². The lowest BCUT2D eigenvalue weighted by molar-refractivity contribution is -0.211. The first kappa shape index (κ1) is 31.8. The second kappa shape index (κ2) is 13.2. The Hall–Kier alpha value is -2.59. The van der Waals surface area contributed by atoms with E-state index in [2.05, 4.69) is 26.2 Å². The Kier molecular flexibility index (Phi) is 9.76. The van der Waals surface area contributed by atoms with Crippen LogP contribution in [0.1, 0.15) is 31.7 Å². The minimum Gasteiger partial charge on any atom is -0.394 e. The third kappa shape index (κ3) is 6.19. The summed E-state index contributed by atoms with van der Waals surface area (Å²) in [5.74, 6) is -5.08. The first-order valence-electron chi connectivity index (χ1n) is 13.6. The molecule has 0 bridgehead atoms. The molecule has 2 aliphatic rings. The first-order valence-corrected chi connectivity index (χ1v) is 14.7. The van der Waals surface area contributed by atoms with Crippen LogP contribution in [0.2, 0.25) is 5.02 Å². The highest BCUT2D eigenvalue weighted by Crippen LogP contribution is 2.38. The number of hydrogen-bond donors (Lipinski definition) is 3. The Morgan fingerprint density at radius 3 is 2.51 bits per heavy atom. The van der Waals surface area contributed by atoms with Crippen molar-refractivity contribution in [2.45, 2.75) is 68.3 Å². The zero-order valence-corrected chi connectivity index (χ0v) is 25.1. The van der Waals surface area contributed by atoms with Crippen molar-refractivity contribution < 1.29 is 42.8 Å². The van der Waals surface area contributed by atoms with Crippen molar-refractivity contribution in [3.05, 3.63) is 63.5 Å². The van der Waals surface area contributed by atoms with Crippen molar-refractivity contribution in [1.82, 2.24) is 15.0 Å². The van der Waals surface area contributed by atoms with Crippen molar-refractivity contribution in [2.24, 2.45) is 0 Å². The molecule has 232 valence electrons. The summed E-state index contributed by atoms with van der Waals surface area (Å²) >= 11 is 9.60. The van der Waals surface area contributed by atoms with Crippen molar-refractivity contribution in [2.75, 3.05) is 18.6 Å². The van der Waals surface area contributed by atoms with Gasteiger partial charge in [0.25, 0.3) is 5.91 Å². The normalized spacial score (nSPS) is 27.7. The Balaban J connectivity index is 1.54. The largest absolute Gasteiger partial charge is 0.394 e. The van der Waals surface area contributed by atoms with Gasteiger partial charge in [0.15, 0.2) is 23.6 Å². The number of anilines is 1. The molecule has 2 fully saturated rings. The zero-order chi connectivity index (χ0) is 31.0. The average Bonchev–Trinajstić information content (AvgIpc) is 3.48. The number of methoxy groups -OCH3 is 1. The Morgan fingerprint density at radius 2 is 1.88 bits per heavy atom. The van der Waals surface area contributed by atoms with E-state index in [0.717, 1.165) is 29.7 Å². The molecule has 3 aromatic rings. The number of aliphatic hydroxyl groups is 3. The summed E-state index contributed by atoms with van der Waals surface area (Å²) < 4.78 is 54.6. The van der Waals surface area contributed by atoms with Gasteiger partial charge in [-0.1, -0.05) is 29.7 Å². The molecule has 5 unspecified atom stereocenters. The van der Waals surface area contributed by atoms with Crippen LogP contribution in [0.3, 0.4) is 0 Å². The van der Waals surface area contributed by atoms with E-state index in [9.17, 15) is 33.3 Å². The summed E-state index contributed by atoms with van der Waals surface area (Å²) in [6.45, 7) is -0.674. The Morgan fingerprint density at radius 1 is 1.19 bits per heavy atom. The molecule has 2 aromatic carbocycles. The van der Waals surface area contributed by atoms with Crippen LogP contribution in [0.5, 0.6) is 0 Å². The van der Waals surface area contributed by atoms with Crippen LogP contribution in [-0.4, -0.2) is 86.5 Å². The number of aliphatic hydroxyl groups excluding tert-OH is 3. The molecular formula is C28H29BrClF3N4O6. The number of carbonyl (C=O) groups excluding carboxylic acids is 1. The first-order chi connectivity index (χ1) is 20.5. The van der Waals surface area contributed by atoms with Gasteiger partial charge in [-0.3, -0.25) is 4.79 Å². The maximum absolute atomic E-state index is 14.4. The summed E-state index contributed by atoms with van der Waals surface area (Å²) in [7, 11) is 1.30. The number of aromatic nitrogens is 3. The molecule has 3 N–H and O–H groups in total. The molecule has 1 saturated heterocycles. The number of ether oxygens (including phenoxy) is 2. The van der Waals surface area contributed by atoms with Gasteiger partial charge in [0.2, 0.25) is 0 Å². The number of hydrogen-bond acceptors (Lipinski definition) is 8. The summed E-state index contributed by atoms with van der Waals surface area (Å²) in [6.07, 6.45) is -2.38. The molecule has 1 aliphatic heterocycles. The van der Waals surface area contributed by atoms with Crippen molar-refractivity contribution in [3.8, 4) is 11.3 Å². The highest BCUT2D eigenvalue weighted by molar-refractivity contribution is 9.10. The average molecular weight is 690 g/mol. The van der Waals surface area contributed by atoms with Crippen LogP contribution in [0.4, 0.5) is 18.9 Å². The van der Waals surface area contributed by atoms with E-state index in [1.54, 1.807) is 18.2 Å². The standard InChI is InChI=1S/C28H29BrClF3N4O6/c1-42-26-24(36-11-19(34-35-36)13-8-17(31)23(33)18(32)9-13)25(40)22(12-38)43-27(26)28(41)37(20-4-2-3-5-21(20)39)14-6-7-16(30)15(29)10-14/h6-11,20-22,24-27,38-40H,2-5,12H2,1H3/t20-,21-,22?,24?,25?,26?,27?/m0/s1. The third-order valence-electron chi connectivity index (χ3n) is 7.92. The molecule has 43 heavy (non-hydrogen) atoms. The van der Waals surface area contributed by atoms with Crippen LogP contribution in [-0.2, 0) is 14.3 Å². The van der Waals surface area contributed by atoms with Crippen molar-refractivity contribution in [3.63, 3.8) is 0 Å². The molecule has 1 saturated carbocycles. The monoisotopic (exact) mass is 688 g/mol. The number of carbonyl (C=O) groups is 1. The van der Waals surface area contributed by atoms with Crippen LogP contribution in [0.15, 0.2) is 41.0 Å². The predicted molar refractivity (Wildman–Crippen MR) is 152 cm³/mol. The van der Waals surface area contributed by atoms with E-state index in [0.29, 0.717) is 28.0 Å². The molecule has 1 aromatic heterocycles. The Bertz CT molecular complexity index is 1460. The van der Waals surface area contributed by atoms with E-state index in [4.69, 9.17) is 21.1 Å². The van der Waals surface area contributed by atoms with E-state index in [1.165, 1.54) is 18.2 Å². The quantitative estimate of drug-likeness (QED) is 0.320. The topological polar surface area (TPSA) is 130 Å². The molecule has 0 radical (unpaired) electrons. The molecule has 2 heterocycles. The van der Waals surface area contributed by atoms with Gasteiger partial charge >= 0.3 is 0 Å². The SMILES string of the molecule is COC1C(C(=O)N(c2ccc(Cl)c(Br)c2)[C@H]2CCCC[C@@H]2O)OC(CO)C(O)C1n1cc(-c2cc(F)c(F)c(F)c2)nn1. The lowest BCUT2D eigenvalue weighted by Crippen LogP contribution is -2.63. The Labute approximate surface area is 258 Å². The van der Waals surface area contributed by atoms with Gasteiger partial charge in [-0.05, 0) is 59.1 Å². The predicted octanol–water partition coefficient (Wildman–Crippen LogP) is 3.79. The van der Waals surface area contributed by atoms with Crippen molar-refractivity contribution in [1.29, 1.82) is 0 Å². The second-order valence-corrected chi connectivity index (χ2v) is 11.8. The summed E-state index contributed by atoms with van der Waals surface area (Å²) in [6, 6.07) is 4.60. The van der Waals surface area contributed by atoms with E-state index in [-0.39, 0.29) is 11.3 Å². The smallest absolute Gasteiger partial charge is 0.259 e. The van der Waals surface area contributed by atoms with E-state index < -0.39 is 72.6 Å². The van der Waals surface area contributed by atoms with Gasteiger partial charge in [-0.15, -0.1) is 5.10 Å². The third-order valence-corrected chi connectivity index (χ3v) is 9.14. The van der Waals surface area contributed by atoms with Crippen molar-refractivity contribution >= 4 is 39.1 Å². The van der Waals surface area contributed by atoms with Crippen LogP contribution in [0.25, 0.3) is 11.3 Å². The summed E-state index contributed by atoms with van der Waals surface area (Å²) in [5, 5.41) is 40.6. The molecule has 10 nitrogen and oxygen atoms in total. The number of amides is 1. The minimum atomic E-state index is -1.64. The van der Waals surface area contributed by atoms with Gasteiger partial charge in [0.1, 0.15) is 30.0 Å². The lowest BCUT2D eigenvalue weighted by Gasteiger charge is -2.46. The van der Waals surface area contributed by atoms with Gasteiger partial charge in [-0.2, -0.15) is 0 Å². The number of halogens is 5. The fourth-order valence-corrected chi connectivity index (χ4v) is 6.25. The fraction of sp³-hybridized carbons (Fsp3) is 0.464. The maximum atomic E-state index is 14.4. The number of rotatable bonds is 7. The number of benzene rings is 2. The second-order valence-electron chi connectivity index (χ2n) is 10.5. The molecule has 7 atom stereocenters. The molecular weight excluding hydrogens is 661 g/mol. The van der Waals surface area contributed by atoms with Crippen LogP contribution in [0, 0.1) is 17.5 Å². The van der Waals surface area contributed by atoms with Crippen LogP contribution >= 0.6 is 27.5 Å². The molecule has 15 heteroatoms. The minimum absolute atomic E-state index is 0.0484. The zero-order valence-electron chi connectivity index (χ0n) is 22.8. The highest BCUT2D eigenvalue weighted by atomic mass is 79.9. The van der Waals surface area contributed by atoms with Gasteiger partial charge in [0.05, 0.1) is 30.0 Å². The molecule has 5 rings (SSSR count). The van der Waals surface area contributed by atoms with E-state index >= 15 is 0 Å². The summed E-state index contributed by atoms with van der Waals surface area (Å²) in [4.78, 5) is 15.9. The van der Waals surface area contributed by atoms with Gasteiger partial charge in [-0.25, -0.2) is 17.9 Å². The highest BCUT2D eigenvalue weighted by Gasteiger charge is 2.52. The summed E-state index contributed by atoms with van der Waals surface area (Å²) in [5.41, 5.74) is 0.264. The molecule has 1 aliphatic carbocycles. The molecule has 1 amide bonds. The van der Waals surface area contributed by atoms with E-state index in [1.807, 2.05) is 0 Å². The van der Waals surface area contributed by atoms with Gasteiger partial charge in [0, 0.05) is 22.8 Å². The number of nitrogens with zero attached hydrogens (tertiary/aromatic N) is 4. The maximum Gasteiger partial charge on any atom is 0.259 e. The lowest BCUT2D eigenvalue weighted by atomic mass is 9.88. The van der Waals surface area contributed by atoms with Gasteiger partial charge < -0.3 is 29.7 Å². The molecule has 0 spiro atoms. The fourth-order valence-electron chi connectivity index (χ4n) is 5.76.